The van der Waals surface area contributed by atoms with Crippen molar-refractivity contribution in [3.05, 3.63) is 95.6 Å². The number of carbonyl (C=O) groups excluding carboxylic acids is 1. The SMILES string of the molecule is COc1ccc(-c2csc([N+](CCCN3CCOCC3)(C(=O)c3ccc(F)cc3)c3ccccc3)n2)cc1. The molecule has 0 spiro atoms. The van der Waals surface area contributed by atoms with E-state index in [0.29, 0.717) is 17.2 Å². The maximum Gasteiger partial charge on any atom is 0.357 e. The molecule has 4 aromatic rings. The number of carbonyl (C=O) groups is 1. The Morgan fingerprint density at radius 2 is 1.74 bits per heavy atom. The molecule has 1 unspecified atom stereocenters. The van der Waals surface area contributed by atoms with E-state index in [-0.39, 0.29) is 16.2 Å². The van der Waals surface area contributed by atoms with Gasteiger partial charge < -0.3 is 9.47 Å². The minimum atomic E-state index is -0.372. The van der Waals surface area contributed by atoms with Crippen LogP contribution in [0.2, 0.25) is 0 Å². The number of quaternary nitrogens is 1. The maximum absolute atomic E-state index is 14.5. The van der Waals surface area contributed by atoms with Crippen LogP contribution in [-0.4, -0.2) is 62.3 Å². The van der Waals surface area contributed by atoms with E-state index in [0.717, 1.165) is 62.0 Å². The van der Waals surface area contributed by atoms with Crippen LogP contribution in [-0.2, 0) is 4.74 Å². The van der Waals surface area contributed by atoms with Gasteiger partial charge in [-0.15, -0.1) is 0 Å². The van der Waals surface area contributed by atoms with Gasteiger partial charge in [-0.2, -0.15) is 9.47 Å². The third kappa shape index (κ3) is 5.54. The predicted octanol–water partition coefficient (Wildman–Crippen LogP) is 6.16. The van der Waals surface area contributed by atoms with Crippen molar-refractivity contribution in [2.75, 3.05) is 46.5 Å². The highest BCUT2D eigenvalue weighted by Crippen LogP contribution is 2.41. The third-order valence-corrected chi connectivity index (χ3v) is 7.87. The lowest BCUT2D eigenvalue weighted by molar-refractivity contribution is 0.0365. The van der Waals surface area contributed by atoms with Crippen LogP contribution < -0.4 is 9.22 Å². The van der Waals surface area contributed by atoms with E-state index in [1.807, 2.05) is 60.0 Å². The van der Waals surface area contributed by atoms with Crippen molar-refractivity contribution < 1.29 is 18.7 Å². The summed E-state index contributed by atoms with van der Waals surface area (Å²) >= 11 is 1.47. The topological polar surface area (TPSA) is 51.7 Å². The summed E-state index contributed by atoms with van der Waals surface area (Å²) < 4.78 is 24.5. The summed E-state index contributed by atoms with van der Waals surface area (Å²) in [6.45, 7) is 4.60. The van der Waals surface area contributed by atoms with Crippen LogP contribution in [0.3, 0.4) is 0 Å². The van der Waals surface area contributed by atoms with Crippen LogP contribution >= 0.6 is 11.3 Å². The van der Waals surface area contributed by atoms with E-state index < -0.39 is 0 Å². The summed E-state index contributed by atoms with van der Waals surface area (Å²) in [5, 5.41) is 2.67. The van der Waals surface area contributed by atoms with Crippen LogP contribution in [0.25, 0.3) is 11.3 Å². The molecule has 6 nitrogen and oxygen atoms in total. The molecule has 1 aliphatic heterocycles. The molecule has 0 radical (unpaired) electrons. The Bertz CT molecular complexity index is 1340. The Kier molecular flexibility index (Phi) is 8.24. The number of para-hydroxylation sites is 1. The summed E-state index contributed by atoms with van der Waals surface area (Å²) in [6.07, 6.45) is 0.777. The number of methoxy groups -OCH3 is 1. The van der Waals surface area contributed by atoms with Crippen LogP contribution in [0.5, 0.6) is 5.75 Å². The van der Waals surface area contributed by atoms with Crippen molar-refractivity contribution in [1.29, 1.82) is 0 Å². The Morgan fingerprint density at radius 1 is 1.03 bits per heavy atom. The summed E-state index contributed by atoms with van der Waals surface area (Å²) in [7, 11) is 1.64. The lowest BCUT2D eigenvalue weighted by Gasteiger charge is -2.34. The molecule has 1 aromatic heterocycles. The number of hydrogen-bond donors (Lipinski definition) is 0. The molecule has 0 N–H and O–H groups in total. The molecule has 2 heterocycles. The molecular formula is C30H31FN3O3S+. The van der Waals surface area contributed by atoms with Crippen LogP contribution in [0.1, 0.15) is 16.8 Å². The number of morpholine rings is 1. The van der Waals surface area contributed by atoms with E-state index >= 15 is 0 Å². The smallest absolute Gasteiger partial charge is 0.357 e. The number of hydrogen-bond acceptors (Lipinski definition) is 6. The number of nitrogens with zero attached hydrogens (tertiary/aromatic N) is 3. The lowest BCUT2D eigenvalue weighted by Crippen LogP contribution is -2.51. The van der Waals surface area contributed by atoms with Gasteiger partial charge in [-0.05, 0) is 48.5 Å². The van der Waals surface area contributed by atoms with E-state index in [1.54, 1.807) is 19.2 Å². The summed E-state index contributed by atoms with van der Waals surface area (Å²) in [6, 6.07) is 23.3. The van der Waals surface area contributed by atoms with Crippen molar-refractivity contribution in [3.63, 3.8) is 0 Å². The van der Waals surface area contributed by atoms with Gasteiger partial charge in [0.1, 0.15) is 17.3 Å². The Hall–Kier alpha value is -3.43. The van der Waals surface area contributed by atoms with Gasteiger partial charge >= 0.3 is 5.91 Å². The molecular weight excluding hydrogens is 501 g/mol. The van der Waals surface area contributed by atoms with Gasteiger partial charge in [0.25, 0.3) is 5.13 Å². The number of halogens is 1. The molecule has 0 aliphatic carbocycles. The first-order valence-corrected chi connectivity index (χ1v) is 13.6. The molecule has 38 heavy (non-hydrogen) atoms. The van der Waals surface area contributed by atoms with Crippen LogP contribution in [0, 0.1) is 5.82 Å². The molecule has 1 fully saturated rings. The molecule has 1 atom stereocenters. The van der Waals surface area contributed by atoms with E-state index in [2.05, 4.69) is 4.90 Å². The third-order valence-electron chi connectivity index (χ3n) is 6.91. The Morgan fingerprint density at radius 3 is 2.42 bits per heavy atom. The average molecular weight is 533 g/mol. The summed E-state index contributed by atoms with van der Waals surface area (Å²) in [5.74, 6) is 0.268. The molecule has 196 valence electrons. The van der Waals surface area contributed by atoms with Gasteiger partial charge in [0.2, 0.25) is 0 Å². The van der Waals surface area contributed by atoms with Crippen molar-refractivity contribution in [2.45, 2.75) is 6.42 Å². The van der Waals surface area contributed by atoms with Crippen molar-refractivity contribution in [1.82, 2.24) is 14.4 Å². The molecule has 0 bridgehead atoms. The highest BCUT2D eigenvalue weighted by molar-refractivity contribution is 7.14. The molecule has 5 rings (SSSR count). The molecule has 8 heteroatoms. The molecule has 1 aliphatic rings. The highest BCUT2D eigenvalue weighted by atomic mass is 32.1. The van der Waals surface area contributed by atoms with Gasteiger partial charge in [0.15, 0.2) is 0 Å². The first kappa shape index (κ1) is 26.2. The predicted molar refractivity (Wildman–Crippen MR) is 149 cm³/mol. The second-order valence-electron chi connectivity index (χ2n) is 9.23. The summed E-state index contributed by atoms with van der Waals surface area (Å²) in [5.41, 5.74) is 3.02. The number of benzene rings is 3. The maximum atomic E-state index is 14.5. The van der Waals surface area contributed by atoms with E-state index in [4.69, 9.17) is 14.5 Å². The fraction of sp³-hybridized carbons (Fsp3) is 0.267. The first-order chi connectivity index (χ1) is 18.6. The minimum absolute atomic E-state index is 0.0718. The Labute approximate surface area is 226 Å². The molecule has 0 saturated carbocycles. The first-order valence-electron chi connectivity index (χ1n) is 12.7. The number of ether oxygens (including phenoxy) is 2. The van der Waals surface area contributed by atoms with E-state index in [9.17, 15) is 9.18 Å². The van der Waals surface area contributed by atoms with Gasteiger partial charge in [0, 0.05) is 49.1 Å². The second-order valence-corrected chi connectivity index (χ2v) is 10.1. The normalized spacial score (nSPS) is 15.6. The molecule has 1 amide bonds. The average Bonchev–Trinajstić information content (AvgIpc) is 3.47. The fourth-order valence-electron chi connectivity index (χ4n) is 4.83. The number of thiazole rings is 1. The van der Waals surface area contributed by atoms with Gasteiger partial charge in [-0.3, -0.25) is 4.90 Å². The second kappa shape index (κ2) is 12.0. The zero-order valence-corrected chi connectivity index (χ0v) is 22.2. The van der Waals surface area contributed by atoms with Gasteiger partial charge in [-0.25, -0.2) is 9.18 Å². The van der Waals surface area contributed by atoms with Gasteiger partial charge in [-0.1, -0.05) is 29.5 Å². The quantitative estimate of drug-likeness (QED) is 0.242. The van der Waals surface area contributed by atoms with E-state index in [1.165, 1.54) is 23.5 Å². The van der Waals surface area contributed by atoms with Crippen molar-refractivity contribution in [2.24, 2.45) is 0 Å². The lowest BCUT2D eigenvalue weighted by atomic mass is 10.1. The van der Waals surface area contributed by atoms with Crippen molar-refractivity contribution in [3.8, 4) is 17.0 Å². The number of aromatic nitrogens is 1. The minimum Gasteiger partial charge on any atom is -0.497 e. The zero-order chi connectivity index (χ0) is 26.4. The van der Waals surface area contributed by atoms with Crippen LogP contribution in [0.4, 0.5) is 15.2 Å². The highest BCUT2D eigenvalue weighted by Gasteiger charge is 2.45. The Balaban J connectivity index is 1.57. The molecule has 3 aromatic carbocycles. The standard InChI is InChI=1S/C30H31FN3O3S/c1-36-27-14-10-23(11-15-27)28-22-38-30(32-28)34(26-6-3-2-4-7-26,19-5-16-33-17-20-37-21-18-33)29(35)24-8-12-25(31)13-9-24/h2-4,6-15,22H,5,16-21H2,1H3/q+1. The van der Waals surface area contributed by atoms with Gasteiger partial charge in [0.05, 0.1) is 38.1 Å². The largest absolute Gasteiger partial charge is 0.497 e. The van der Waals surface area contributed by atoms with Crippen molar-refractivity contribution >= 4 is 28.1 Å². The number of amides is 1. The summed E-state index contributed by atoms with van der Waals surface area (Å²) in [4.78, 5) is 21.9. The monoisotopic (exact) mass is 532 g/mol. The fourth-order valence-corrected chi connectivity index (χ4v) is 5.84. The van der Waals surface area contributed by atoms with Crippen LogP contribution in [0.15, 0.2) is 84.2 Å². The zero-order valence-electron chi connectivity index (χ0n) is 21.4. The molecule has 1 saturated heterocycles. The number of rotatable bonds is 9.